The van der Waals surface area contributed by atoms with Gasteiger partial charge in [0.1, 0.15) is 0 Å². The molecule has 1 saturated carbocycles. The first-order chi connectivity index (χ1) is 13.8. The number of carbonyl (C=O) groups excluding carboxylic acids is 3. The van der Waals surface area contributed by atoms with Crippen LogP contribution in [0.4, 0.5) is 5.69 Å². The SMILES string of the molecule is O=C(CCN1C(=O)c2ccccc2C1=O)Nc1cccc(S(=O)(=O)NC2CC2)c1. The van der Waals surface area contributed by atoms with Crippen LogP contribution in [0, 0.1) is 0 Å². The van der Waals surface area contributed by atoms with Crippen molar-refractivity contribution in [3.8, 4) is 0 Å². The van der Waals surface area contributed by atoms with Gasteiger partial charge in [-0.2, -0.15) is 0 Å². The van der Waals surface area contributed by atoms with Crippen LogP contribution in [-0.4, -0.2) is 43.6 Å². The van der Waals surface area contributed by atoms with Crippen molar-refractivity contribution in [1.82, 2.24) is 9.62 Å². The van der Waals surface area contributed by atoms with Crippen molar-refractivity contribution >= 4 is 33.4 Å². The molecule has 2 aromatic rings. The van der Waals surface area contributed by atoms with E-state index in [1.165, 1.54) is 12.1 Å². The molecule has 1 aliphatic heterocycles. The van der Waals surface area contributed by atoms with Gasteiger partial charge in [0.25, 0.3) is 11.8 Å². The largest absolute Gasteiger partial charge is 0.326 e. The Morgan fingerprint density at radius 2 is 1.66 bits per heavy atom. The second-order valence-electron chi connectivity index (χ2n) is 7.03. The number of nitrogens with one attached hydrogen (secondary N) is 2. The van der Waals surface area contributed by atoms with E-state index in [2.05, 4.69) is 10.0 Å². The Kier molecular flexibility index (Phi) is 4.93. The number of carbonyl (C=O) groups is 3. The number of hydrogen-bond acceptors (Lipinski definition) is 5. The van der Waals surface area contributed by atoms with Gasteiger partial charge in [-0.25, -0.2) is 13.1 Å². The highest BCUT2D eigenvalue weighted by atomic mass is 32.2. The van der Waals surface area contributed by atoms with Crippen molar-refractivity contribution in [1.29, 1.82) is 0 Å². The molecule has 150 valence electrons. The molecule has 2 aliphatic rings. The van der Waals surface area contributed by atoms with Crippen molar-refractivity contribution in [2.45, 2.75) is 30.2 Å². The Morgan fingerprint density at radius 1 is 1.00 bits per heavy atom. The average Bonchev–Trinajstić information content (AvgIpc) is 3.47. The second kappa shape index (κ2) is 7.41. The highest BCUT2D eigenvalue weighted by Gasteiger charge is 2.35. The molecule has 0 radical (unpaired) electrons. The maximum atomic E-state index is 12.3. The first-order valence-corrected chi connectivity index (χ1v) is 10.7. The van der Waals surface area contributed by atoms with E-state index in [0.717, 1.165) is 17.7 Å². The Balaban J connectivity index is 1.38. The lowest BCUT2D eigenvalue weighted by atomic mass is 10.1. The van der Waals surface area contributed by atoms with Gasteiger partial charge in [0.05, 0.1) is 16.0 Å². The zero-order chi connectivity index (χ0) is 20.6. The van der Waals surface area contributed by atoms with E-state index < -0.39 is 27.7 Å². The van der Waals surface area contributed by atoms with Crippen molar-refractivity contribution in [2.24, 2.45) is 0 Å². The Bertz CT molecular complexity index is 1070. The number of sulfonamides is 1. The van der Waals surface area contributed by atoms with Gasteiger partial charge in [0, 0.05) is 24.7 Å². The van der Waals surface area contributed by atoms with Crippen LogP contribution in [0.3, 0.4) is 0 Å². The molecular weight excluding hydrogens is 394 g/mol. The van der Waals surface area contributed by atoms with Crippen LogP contribution < -0.4 is 10.0 Å². The highest BCUT2D eigenvalue weighted by Crippen LogP contribution is 2.24. The Hall–Kier alpha value is -3.04. The zero-order valence-corrected chi connectivity index (χ0v) is 16.2. The van der Waals surface area contributed by atoms with Crippen LogP contribution in [0.5, 0.6) is 0 Å². The maximum absolute atomic E-state index is 12.3. The van der Waals surface area contributed by atoms with E-state index in [-0.39, 0.29) is 23.9 Å². The summed E-state index contributed by atoms with van der Waals surface area (Å²) in [6.07, 6.45) is 1.56. The van der Waals surface area contributed by atoms with Gasteiger partial charge >= 0.3 is 0 Å². The summed E-state index contributed by atoms with van der Waals surface area (Å²) in [6.45, 7) is -0.0561. The highest BCUT2D eigenvalue weighted by molar-refractivity contribution is 7.89. The van der Waals surface area contributed by atoms with E-state index in [9.17, 15) is 22.8 Å². The molecule has 9 heteroatoms. The summed E-state index contributed by atoms with van der Waals surface area (Å²) in [5, 5.41) is 2.62. The number of rotatable bonds is 7. The summed E-state index contributed by atoms with van der Waals surface area (Å²) in [4.78, 5) is 38.0. The summed E-state index contributed by atoms with van der Waals surface area (Å²) in [6, 6.07) is 12.5. The van der Waals surface area contributed by atoms with E-state index in [0.29, 0.717) is 16.8 Å². The summed E-state index contributed by atoms with van der Waals surface area (Å²) >= 11 is 0. The molecule has 0 bridgehead atoms. The molecule has 0 spiro atoms. The number of imide groups is 1. The van der Waals surface area contributed by atoms with Gasteiger partial charge in [-0.15, -0.1) is 0 Å². The van der Waals surface area contributed by atoms with Crippen molar-refractivity contribution in [2.75, 3.05) is 11.9 Å². The summed E-state index contributed by atoms with van der Waals surface area (Å²) in [5.74, 6) is -1.26. The predicted molar refractivity (Wildman–Crippen MR) is 105 cm³/mol. The van der Waals surface area contributed by atoms with Crippen LogP contribution in [0.1, 0.15) is 40.0 Å². The number of fused-ring (bicyclic) bond motifs is 1. The molecular formula is C20H19N3O5S. The van der Waals surface area contributed by atoms with E-state index in [1.54, 1.807) is 36.4 Å². The quantitative estimate of drug-likeness (QED) is 0.672. The first kappa shape index (κ1) is 19.3. The van der Waals surface area contributed by atoms with Gasteiger partial charge in [0.2, 0.25) is 15.9 Å². The fourth-order valence-electron chi connectivity index (χ4n) is 3.11. The fraction of sp³-hybridized carbons (Fsp3) is 0.250. The molecule has 8 nitrogen and oxygen atoms in total. The van der Waals surface area contributed by atoms with Crippen molar-refractivity contribution in [3.05, 3.63) is 59.7 Å². The molecule has 0 atom stereocenters. The lowest BCUT2D eigenvalue weighted by Gasteiger charge is -2.14. The van der Waals surface area contributed by atoms with Gasteiger partial charge in [-0.3, -0.25) is 19.3 Å². The smallest absolute Gasteiger partial charge is 0.261 e. The minimum atomic E-state index is -3.62. The Morgan fingerprint density at radius 3 is 2.28 bits per heavy atom. The molecule has 4 rings (SSSR count). The molecule has 0 unspecified atom stereocenters. The third-order valence-electron chi connectivity index (χ3n) is 4.77. The molecule has 2 aromatic carbocycles. The first-order valence-electron chi connectivity index (χ1n) is 9.22. The van der Waals surface area contributed by atoms with Crippen LogP contribution in [0.2, 0.25) is 0 Å². The number of amides is 3. The normalized spacial score (nSPS) is 16.1. The molecule has 3 amide bonds. The lowest BCUT2D eigenvalue weighted by Crippen LogP contribution is -2.32. The number of hydrogen-bond donors (Lipinski definition) is 2. The van der Waals surface area contributed by atoms with Gasteiger partial charge in [0.15, 0.2) is 0 Å². The molecule has 1 fully saturated rings. The average molecular weight is 413 g/mol. The monoisotopic (exact) mass is 413 g/mol. The molecule has 0 saturated heterocycles. The van der Waals surface area contributed by atoms with Crippen LogP contribution >= 0.6 is 0 Å². The molecule has 2 N–H and O–H groups in total. The van der Waals surface area contributed by atoms with Crippen molar-refractivity contribution < 1.29 is 22.8 Å². The predicted octanol–water partition coefficient (Wildman–Crippen LogP) is 1.75. The van der Waals surface area contributed by atoms with Gasteiger partial charge < -0.3 is 5.32 Å². The van der Waals surface area contributed by atoms with Crippen LogP contribution in [0.25, 0.3) is 0 Å². The molecule has 1 heterocycles. The fourth-order valence-corrected chi connectivity index (χ4v) is 4.46. The van der Waals surface area contributed by atoms with E-state index in [4.69, 9.17) is 0 Å². The lowest BCUT2D eigenvalue weighted by molar-refractivity contribution is -0.116. The van der Waals surface area contributed by atoms with Crippen LogP contribution in [-0.2, 0) is 14.8 Å². The van der Waals surface area contributed by atoms with Gasteiger partial charge in [-0.1, -0.05) is 18.2 Å². The number of benzene rings is 2. The topological polar surface area (TPSA) is 113 Å². The minimum absolute atomic E-state index is 0.0158. The third-order valence-corrected chi connectivity index (χ3v) is 6.29. The maximum Gasteiger partial charge on any atom is 0.261 e. The number of nitrogens with zero attached hydrogens (tertiary/aromatic N) is 1. The van der Waals surface area contributed by atoms with Gasteiger partial charge in [-0.05, 0) is 43.2 Å². The standard InChI is InChI=1S/C20H19N3O5S/c24-18(10-11-23-19(25)16-6-1-2-7-17(16)20(23)26)21-14-4-3-5-15(12-14)29(27,28)22-13-8-9-13/h1-7,12-13,22H,8-11H2,(H,21,24). The molecule has 0 aromatic heterocycles. The molecule has 1 aliphatic carbocycles. The summed E-state index contributed by atoms with van der Waals surface area (Å²) in [5.41, 5.74) is 0.994. The van der Waals surface area contributed by atoms with Crippen LogP contribution in [0.15, 0.2) is 53.4 Å². The number of anilines is 1. The summed E-state index contributed by atoms with van der Waals surface area (Å²) in [7, 11) is -3.62. The molecule has 29 heavy (non-hydrogen) atoms. The third kappa shape index (κ3) is 4.06. The minimum Gasteiger partial charge on any atom is -0.326 e. The summed E-state index contributed by atoms with van der Waals surface area (Å²) < 4.78 is 27.2. The second-order valence-corrected chi connectivity index (χ2v) is 8.74. The Labute approximate surface area is 168 Å². The van der Waals surface area contributed by atoms with E-state index in [1.807, 2.05) is 0 Å². The zero-order valence-electron chi connectivity index (χ0n) is 15.4. The van der Waals surface area contributed by atoms with Crippen molar-refractivity contribution in [3.63, 3.8) is 0 Å². The van der Waals surface area contributed by atoms with E-state index >= 15 is 0 Å².